The van der Waals surface area contributed by atoms with E-state index >= 15 is 0 Å². The quantitative estimate of drug-likeness (QED) is 0.411. The summed E-state index contributed by atoms with van der Waals surface area (Å²) in [7, 11) is 1.61. The van der Waals surface area contributed by atoms with E-state index in [9.17, 15) is 9.59 Å². The lowest BCUT2D eigenvalue weighted by Crippen LogP contribution is -2.35. The summed E-state index contributed by atoms with van der Waals surface area (Å²) in [6.07, 6.45) is 1.16. The molecule has 0 saturated carbocycles. The Labute approximate surface area is 215 Å². The molecule has 2 aliphatic rings. The first-order chi connectivity index (χ1) is 17.4. The number of methoxy groups -OCH3 is 1. The van der Waals surface area contributed by atoms with Crippen molar-refractivity contribution < 1.29 is 19.1 Å². The van der Waals surface area contributed by atoms with E-state index in [4.69, 9.17) is 9.47 Å². The van der Waals surface area contributed by atoms with Crippen molar-refractivity contribution in [3.05, 3.63) is 110 Å². The SMILES string of the molecule is COc1ccc(COC(=O)C2=C(C)NC3=C(C(=O)CC(c4ccc(C)cc4)C3)C2c2cccs2)cc1. The molecule has 0 fully saturated rings. The van der Waals surface area contributed by atoms with Gasteiger partial charge >= 0.3 is 5.97 Å². The van der Waals surface area contributed by atoms with Gasteiger partial charge in [0.25, 0.3) is 0 Å². The zero-order valence-electron chi connectivity index (χ0n) is 20.7. The summed E-state index contributed by atoms with van der Waals surface area (Å²) in [5, 5.41) is 5.40. The summed E-state index contributed by atoms with van der Waals surface area (Å²) in [6, 6.07) is 19.8. The van der Waals surface area contributed by atoms with Crippen LogP contribution in [0.1, 0.15) is 53.2 Å². The van der Waals surface area contributed by atoms with Crippen LogP contribution in [0.15, 0.2) is 88.6 Å². The summed E-state index contributed by atoms with van der Waals surface area (Å²) in [5.74, 6) is 0.118. The number of ketones is 1. The van der Waals surface area contributed by atoms with Gasteiger partial charge in [-0.25, -0.2) is 4.79 Å². The number of allylic oxidation sites excluding steroid dienone is 3. The predicted octanol–water partition coefficient (Wildman–Crippen LogP) is 6.17. The standard InChI is InChI=1S/C30H29NO4S/c1-18-6-10-21(11-7-18)22-15-24-28(25(32)16-22)29(26-5-4-14-36-26)27(19(2)31-24)30(33)35-17-20-8-12-23(34-3)13-9-20/h4-14,22,29,31H,15-17H2,1-3H3. The lowest BCUT2D eigenvalue weighted by molar-refractivity contribution is -0.140. The van der Waals surface area contributed by atoms with E-state index in [1.54, 1.807) is 18.4 Å². The van der Waals surface area contributed by atoms with Crippen LogP contribution in [-0.4, -0.2) is 18.9 Å². The van der Waals surface area contributed by atoms with Gasteiger partial charge in [0.2, 0.25) is 0 Å². The van der Waals surface area contributed by atoms with Crippen molar-refractivity contribution in [2.45, 2.75) is 45.1 Å². The van der Waals surface area contributed by atoms with Crippen LogP contribution in [0.5, 0.6) is 5.75 Å². The smallest absolute Gasteiger partial charge is 0.337 e. The molecule has 1 aliphatic heterocycles. The van der Waals surface area contributed by atoms with Crippen LogP contribution in [0.2, 0.25) is 0 Å². The van der Waals surface area contributed by atoms with Crippen LogP contribution in [-0.2, 0) is 20.9 Å². The number of hydrogen-bond acceptors (Lipinski definition) is 6. The number of dihydropyridines is 1. The summed E-state index contributed by atoms with van der Waals surface area (Å²) in [5.41, 5.74) is 6.10. The highest BCUT2D eigenvalue weighted by atomic mass is 32.1. The Balaban J connectivity index is 1.43. The van der Waals surface area contributed by atoms with Crippen LogP contribution < -0.4 is 10.1 Å². The molecule has 184 valence electrons. The molecule has 5 nitrogen and oxygen atoms in total. The maximum atomic E-state index is 13.6. The number of benzene rings is 2. The zero-order valence-corrected chi connectivity index (χ0v) is 21.5. The van der Waals surface area contributed by atoms with Crippen molar-refractivity contribution >= 4 is 23.1 Å². The van der Waals surface area contributed by atoms with Gasteiger partial charge in [0.15, 0.2) is 5.78 Å². The Morgan fingerprint density at radius 1 is 1.03 bits per heavy atom. The Morgan fingerprint density at radius 3 is 2.44 bits per heavy atom. The fraction of sp³-hybridized carbons (Fsp3) is 0.267. The molecule has 0 spiro atoms. The van der Waals surface area contributed by atoms with E-state index in [1.165, 1.54) is 11.1 Å². The van der Waals surface area contributed by atoms with Crippen LogP contribution in [0.25, 0.3) is 0 Å². The van der Waals surface area contributed by atoms with E-state index in [0.717, 1.165) is 34.0 Å². The summed E-state index contributed by atoms with van der Waals surface area (Å²) >= 11 is 1.56. The summed E-state index contributed by atoms with van der Waals surface area (Å²) in [4.78, 5) is 28.0. The van der Waals surface area contributed by atoms with Gasteiger partial charge in [0.1, 0.15) is 12.4 Å². The van der Waals surface area contributed by atoms with Crippen molar-refractivity contribution in [3.8, 4) is 5.75 Å². The van der Waals surface area contributed by atoms with Crippen molar-refractivity contribution in [2.75, 3.05) is 7.11 Å². The molecule has 6 heteroatoms. The van der Waals surface area contributed by atoms with Gasteiger partial charge in [-0.15, -0.1) is 11.3 Å². The van der Waals surface area contributed by atoms with Crippen molar-refractivity contribution in [2.24, 2.45) is 0 Å². The highest BCUT2D eigenvalue weighted by Crippen LogP contribution is 2.46. The van der Waals surface area contributed by atoms with Gasteiger partial charge in [-0.05, 0) is 60.9 Å². The number of carbonyl (C=O) groups excluding carboxylic acids is 2. The molecule has 1 aromatic heterocycles. The third kappa shape index (κ3) is 4.73. The van der Waals surface area contributed by atoms with E-state index in [0.29, 0.717) is 17.6 Å². The molecule has 5 rings (SSSR count). The van der Waals surface area contributed by atoms with Crippen LogP contribution in [0.4, 0.5) is 0 Å². The van der Waals surface area contributed by atoms with Crippen LogP contribution >= 0.6 is 11.3 Å². The van der Waals surface area contributed by atoms with Gasteiger partial charge in [-0.2, -0.15) is 0 Å². The molecule has 0 radical (unpaired) electrons. The average Bonchev–Trinajstić information content (AvgIpc) is 3.42. The third-order valence-corrected chi connectivity index (χ3v) is 7.89. The molecule has 0 amide bonds. The largest absolute Gasteiger partial charge is 0.497 e. The van der Waals surface area contributed by atoms with E-state index in [2.05, 4.69) is 36.5 Å². The molecule has 2 aromatic carbocycles. The number of rotatable bonds is 6. The second-order valence-corrected chi connectivity index (χ2v) is 10.3. The fourth-order valence-corrected chi connectivity index (χ4v) is 5.92. The molecular formula is C30H29NO4S. The van der Waals surface area contributed by atoms with Crippen LogP contribution in [0, 0.1) is 6.92 Å². The molecule has 1 N–H and O–H groups in total. The van der Waals surface area contributed by atoms with Crippen molar-refractivity contribution in [3.63, 3.8) is 0 Å². The lowest BCUT2D eigenvalue weighted by atomic mass is 9.73. The highest BCUT2D eigenvalue weighted by molar-refractivity contribution is 7.10. The van der Waals surface area contributed by atoms with Gasteiger partial charge < -0.3 is 14.8 Å². The average molecular weight is 500 g/mol. The Hall–Kier alpha value is -3.64. The second kappa shape index (κ2) is 10.2. The number of nitrogens with one attached hydrogen (secondary N) is 1. The molecule has 2 heterocycles. The Kier molecular flexibility index (Phi) is 6.79. The lowest BCUT2D eigenvalue weighted by Gasteiger charge is -2.36. The second-order valence-electron chi connectivity index (χ2n) is 9.37. The minimum absolute atomic E-state index is 0.0840. The van der Waals surface area contributed by atoms with E-state index in [-0.39, 0.29) is 18.3 Å². The monoisotopic (exact) mass is 499 g/mol. The first kappa shape index (κ1) is 24.1. The van der Waals surface area contributed by atoms with E-state index in [1.807, 2.05) is 48.7 Å². The normalized spacial score (nSPS) is 19.6. The van der Waals surface area contributed by atoms with Crippen molar-refractivity contribution in [1.29, 1.82) is 0 Å². The topological polar surface area (TPSA) is 64.6 Å². The minimum atomic E-state index is -0.420. The molecule has 0 bridgehead atoms. The molecule has 1 aliphatic carbocycles. The molecule has 3 aromatic rings. The maximum absolute atomic E-state index is 13.6. The molecule has 2 unspecified atom stereocenters. The van der Waals surface area contributed by atoms with Gasteiger partial charge in [-0.3, -0.25) is 4.79 Å². The number of Topliss-reactive ketones (excluding diaryl/α,β-unsaturated/α-hetero) is 1. The van der Waals surface area contributed by atoms with Crippen LogP contribution in [0.3, 0.4) is 0 Å². The van der Waals surface area contributed by atoms with E-state index < -0.39 is 11.9 Å². The molecular weight excluding hydrogens is 470 g/mol. The first-order valence-electron chi connectivity index (χ1n) is 12.1. The molecule has 0 saturated heterocycles. The molecule has 36 heavy (non-hydrogen) atoms. The third-order valence-electron chi connectivity index (χ3n) is 6.95. The number of aryl methyl sites for hydroxylation is 1. The summed E-state index contributed by atoms with van der Waals surface area (Å²) in [6.45, 7) is 4.11. The Morgan fingerprint density at radius 2 is 1.78 bits per heavy atom. The summed E-state index contributed by atoms with van der Waals surface area (Å²) < 4.78 is 11.0. The Bertz CT molecular complexity index is 1330. The number of hydrogen-bond donors (Lipinski definition) is 1. The predicted molar refractivity (Wildman–Crippen MR) is 141 cm³/mol. The van der Waals surface area contributed by atoms with Gasteiger partial charge in [0.05, 0.1) is 18.6 Å². The van der Waals surface area contributed by atoms with Gasteiger partial charge in [0, 0.05) is 28.3 Å². The number of carbonyl (C=O) groups is 2. The maximum Gasteiger partial charge on any atom is 0.337 e. The molecule has 2 atom stereocenters. The first-order valence-corrected chi connectivity index (χ1v) is 13.0. The number of ether oxygens (including phenoxy) is 2. The zero-order chi connectivity index (χ0) is 25.2. The minimum Gasteiger partial charge on any atom is -0.497 e. The highest BCUT2D eigenvalue weighted by Gasteiger charge is 2.41. The number of thiophene rings is 1. The van der Waals surface area contributed by atoms with Crippen molar-refractivity contribution in [1.82, 2.24) is 5.32 Å². The van der Waals surface area contributed by atoms with Gasteiger partial charge in [-0.1, -0.05) is 48.0 Å². The fourth-order valence-electron chi connectivity index (χ4n) is 5.07. The number of esters is 1.